The molecule has 0 aromatic carbocycles. The van der Waals surface area contributed by atoms with Crippen LogP contribution in [0.1, 0.15) is 57.7 Å². The van der Waals surface area contributed by atoms with Crippen molar-refractivity contribution in [1.29, 1.82) is 0 Å². The van der Waals surface area contributed by atoms with Crippen molar-refractivity contribution in [3.05, 3.63) is 17.0 Å². The van der Waals surface area contributed by atoms with Crippen molar-refractivity contribution in [3.63, 3.8) is 0 Å². The normalized spacial score (nSPS) is 15.1. The lowest BCUT2D eigenvalue weighted by molar-refractivity contribution is -0.124. The minimum atomic E-state index is -0.275. The number of rotatable bonds is 4. The van der Waals surface area contributed by atoms with Gasteiger partial charge in [-0.3, -0.25) is 10.1 Å². The van der Waals surface area contributed by atoms with Crippen LogP contribution in [-0.2, 0) is 4.79 Å². The van der Waals surface area contributed by atoms with E-state index in [4.69, 9.17) is 4.52 Å². The van der Waals surface area contributed by atoms with E-state index in [0.29, 0.717) is 0 Å². The molecule has 0 aliphatic carbocycles. The van der Waals surface area contributed by atoms with Gasteiger partial charge in [-0.1, -0.05) is 5.16 Å². The van der Waals surface area contributed by atoms with E-state index in [1.807, 2.05) is 48.5 Å². The summed E-state index contributed by atoms with van der Waals surface area (Å²) in [6.07, 6.45) is 0. The van der Waals surface area contributed by atoms with Gasteiger partial charge < -0.3 is 9.84 Å². The number of amides is 1. The Labute approximate surface area is 115 Å². The molecule has 2 atom stereocenters. The van der Waals surface area contributed by atoms with Crippen LogP contribution in [0.15, 0.2) is 4.52 Å². The van der Waals surface area contributed by atoms with E-state index >= 15 is 0 Å². The summed E-state index contributed by atoms with van der Waals surface area (Å²) in [5.74, 6) is 0.784. The zero-order chi connectivity index (χ0) is 14.8. The first-order chi connectivity index (χ1) is 8.61. The molecule has 0 saturated heterocycles. The summed E-state index contributed by atoms with van der Waals surface area (Å²) in [6, 6.07) is -0.255. The fourth-order valence-electron chi connectivity index (χ4n) is 2.12. The molecule has 1 heterocycles. The average Bonchev–Trinajstić information content (AvgIpc) is 2.55. The zero-order valence-corrected chi connectivity index (χ0v) is 12.9. The second-order valence-electron chi connectivity index (χ2n) is 6.09. The molecule has 0 saturated carbocycles. The molecule has 1 aromatic rings. The van der Waals surface area contributed by atoms with E-state index in [-0.39, 0.29) is 23.5 Å². The van der Waals surface area contributed by atoms with E-state index in [1.54, 1.807) is 0 Å². The molecule has 5 nitrogen and oxygen atoms in total. The number of aromatic nitrogens is 1. The van der Waals surface area contributed by atoms with Crippen LogP contribution in [0.3, 0.4) is 0 Å². The van der Waals surface area contributed by atoms with Crippen molar-refractivity contribution in [2.45, 2.75) is 66.1 Å². The van der Waals surface area contributed by atoms with E-state index in [1.165, 1.54) is 0 Å². The molecular formula is C14H25N3O2. The number of hydrogen-bond donors (Lipinski definition) is 2. The molecule has 0 radical (unpaired) electrons. The smallest absolute Gasteiger partial charge is 0.237 e. The van der Waals surface area contributed by atoms with E-state index in [9.17, 15) is 4.79 Å². The third kappa shape index (κ3) is 4.35. The van der Waals surface area contributed by atoms with Crippen LogP contribution in [0, 0.1) is 13.8 Å². The maximum atomic E-state index is 12.0. The third-order valence-corrected chi connectivity index (χ3v) is 2.91. The van der Waals surface area contributed by atoms with Crippen molar-refractivity contribution in [2.24, 2.45) is 0 Å². The minimum Gasteiger partial charge on any atom is -0.361 e. The van der Waals surface area contributed by atoms with Crippen LogP contribution in [-0.4, -0.2) is 22.6 Å². The molecule has 2 N–H and O–H groups in total. The van der Waals surface area contributed by atoms with Gasteiger partial charge in [-0.15, -0.1) is 0 Å². The number of nitrogens with zero attached hydrogens (tertiary/aromatic N) is 1. The van der Waals surface area contributed by atoms with Gasteiger partial charge in [-0.25, -0.2) is 0 Å². The topological polar surface area (TPSA) is 67.2 Å². The Kier molecular flexibility index (Phi) is 4.74. The Morgan fingerprint density at radius 2 is 1.84 bits per heavy atom. The Morgan fingerprint density at radius 1 is 1.26 bits per heavy atom. The van der Waals surface area contributed by atoms with Crippen molar-refractivity contribution >= 4 is 5.91 Å². The highest BCUT2D eigenvalue weighted by Crippen LogP contribution is 2.21. The van der Waals surface area contributed by atoms with Gasteiger partial charge in [0.1, 0.15) is 5.76 Å². The summed E-state index contributed by atoms with van der Waals surface area (Å²) in [6.45, 7) is 13.6. The lowest BCUT2D eigenvalue weighted by Gasteiger charge is -2.25. The number of carbonyl (C=O) groups is 1. The largest absolute Gasteiger partial charge is 0.361 e. The molecule has 2 unspecified atom stereocenters. The van der Waals surface area contributed by atoms with Gasteiger partial charge in [0.15, 0.2) is 0 Å². The van der Waals surface area contributed by atoms with Crippen molar-refractivity contribution < 1.29 is 9.32 Å². The molecule has 0 bridgehead atoms. The van der Waals surface area contributed by atoms with Crippen LogP contribution in [0.5, 0.6) is 0 Å². The van der Waals surface area contributed by atoms with E-state index in [0.717, 1.165) is 17.0 Å². The third-order valence-electron chi connectivity index (χ3n) is 2.91. The van der Waals surface area contributed by atoms with Gasteiger partial charge in [-0.05, 0) is 48.5 Å². The van der Waals surface area contributed by atoms with Gasteiger partial charge in [0.25, 0.3) is 0 Å². The van der Waals surface area contributed by atoms with Crippen LogP contribution < -0.4 is 10.6 Å². The first-order valence-corrected chi connectivity index (χ1v) is 6.62. The fraction of sp³-hybridized carbons (Fsp3) is 0.714. The molecule has 1 aromatic heterocycles. The molecule has 1 rings (SSSR count). The SMILES string of the molecule is Cc1noc(C)c1C(C)NC(C)C(=O)NC(C)(C)C. The molecule has 0 aliphatic heterocycles. The molecule has 19 heavy (non-hydrogen) atoms. The molecule has 5 heteroatoms. The van der Waals surface area contributed by atoms with Crippen molar-refractivity contribution in [1.82, 2.24) is 15.8 Å². The summed E-state index contributed by atoms with van der Waals surface area (Å²) >= 11 is 0. The lowest BCUT2D eigenvalue weighted by Crippen LogP contribution is -2.50. The monoisotopic (exact) mass is 267 g/mol. The second kappa shape index (κ2) is 5.74. The predicted molar refractivity (Wildman–Crippen MR) is 74.9 cm³/mol. The number of carbonyl (C=O) groups excluding carboxylic acids is 1. The highest BCUT2D eigenvalue weighted by atomic mass is 16.5. The first-order valence-electron chi connectivity index (χ1n) is 6.62. The van der Waals surface area contributed by atoms with Gasteiger partial charge in [-0.2, -0.15) is 0 Å². The molecule has 0 aliphatic rings. The maximum absolute atomic E-state index is 12.0. The average molecular weight is 267 g/mol. The van der Waals surface area contributed by atoms with Gasteiger partial charge in [0.2, 0.25) is 5.91 Å². The highest BCUT2D eigenvalue weighted by molar-refractivity contribution is 5.82. The Hall–Kier alpha value is -1.36. The standard InChI is InChI=1S/C14H25N3O2/c1-8(12-9(2)17-19-11(12)4)15-10(3)13(18)16-14(5,6)7/h8,10,15H,1-7H3,(H,16,18). The highest BCUT2D eigenvalue weighted by Gasteiger charge is 2.23. The Balaban J connectivity index is 2.67. The second-order valence-corrected chi connectivity index (χ2v) is 6.09. The van der Waals surface area contributed by atoms with Crippen LogP contribution in [0.25, 0.3) is 0 Å². The summed E-state index contributed by atoms with van der Waals surface area (Å²) in [5.41, 5.74) is 1.66. The summed E-state index contributed by atoms with van der Waals surface area (Å²) in [5, 5.41) is 10.2. The molecule has 1 amide bonds. The van der Waals surface area contributed by atoms with Crippen molar-refractivity contribution in [3.8, 4) is 0 Å². The van der Waals surface area contributed by atoms with Gasteiger partial charge in [0, 0.05) is 17.1 Å². The van der Waals surface area contributed by atoms with E-state index in [2.05, 4.69) is 15.8 Å². The molecule has 108 valence electrons. The summed E-state index contributed by atoms with van der Waals surface area (Å²) < 4.78 is 5.15. The Morgan fingerprint density at radius 3 is 2.26 bits per heavy atom. The minimum absolute atomic E-state index is 0.00823. The van der Waals surface area contributed by atoms with Crippen LogP contribution >= 0.6 is 0 Å². The quantitative estimate of drug-likeness (QED) is 0.878. The first kappa shape index (κ1) is 15.7. The number of aryl methyl sites for hydroxylation is 2. The zero-order valence-electron chi connectivity index (χ0n) is 12.9. The summed E-state index contributed by atoms with van der Waals surface area (Å²) in [4.78, 5) is 12.0. The maximum Gasteiger partial charge on any atom is 0.237 e. The van der Waals surface area contributed by atoms with E-state index < -0.39 is 0 Å². The Bertz CT molecular complexity index is 427. The van der Waals surface area contributed by atoms with Crippen molar-refractivity contribution in [2.75, 3.05) is 0 Å². The van der Waals surface area contributed by atoms with Gasteiger partial charge in [0.05, 0.1) is 11.7 Å². The molecular weight excluding hydrogens is 242 g/mol. The predicted octanol–water partition coefficient (Wildman–Crippen LogP) is 2.25. The van der Waals surface area contributed by atoms with Crippen LogP contribution in [0.2, 0.25) is 0 Å². The fourth-order valence-corrected chi connectivity index (χ4v) is 2.12. The molecule has 0 spiro atoms. The van der Waals surface area contributed by atoms with Crippen LogP contribution in [0.4, 0.5) is 0 Å². The lowest BCUT2D eigenvalue weighted by atomic mass is 10.1. The molecule has 0 fully saturated rings. The number of hydrogen-bond acceptors (Lipinski definition) is 4. The number of nitrogens with one attached hydrogen (secondary N) is 2. The van der Waals surface area contributed by atoms with Gasteiger partial charge >= 0.3 is 0 Å². The summed E-state index contributed by atoms with van der Waals surface area (Å²) in [7, 11) is 0.